The van der Waals surface area contributed by atoms with Crippen LogP contribution in [-0.2, 0) is 14.0 Å². The summed E-state index contributed by atoms with van der Waals surface area (Å²) in [6.45, 7) is 13.1. The van der Waals surface area contributed by atoms with Crippen LogP contribution in [0.3, 0.4) is 0 Å². The van der Waals surface area contributed by atoms with Crippen LogP contribution in [-0.4, -0.2) is 49.5 Å². The molecule has 4 nitrogen and oxygen atoms in total. The first-order valence-electron chi connectivity index (χ1n) is 6.60. The Morgan fingerprint density at radius 1 is 1.61 bits per heavy atom. The molecule has 0 aromatic carbocycles. The summed E-state index contributed by atoms with van der Waals surface area (Å²) in [5.74, 6) is 0.171. The number of hydrogen-bond donors (Lipinski definition) is 0. The van der Waals surface area contributed by atoms with Gasteiger partial charge < -0.3 is 14.1 Å². The Balaban J connectivity index is 1.77. The van der Waals surface area contributed by atoms with Gasteiger partial charge in [0, 0.05) is 0 Å². The van der Waals surface area contributed by atoms with Crippen molar-refractivity contribution in [1.29, 1.82) is 0 Å². The van der Waals surface area contributed by atoms with Crippen molar-refractivity contribution < 1.29 is 14.0 Å². The maximum absolute atomic E-state index is 12.2. The molecule has 3 rings (SSSR count). The normalized spacial score (nSPS) is 43.0. The summed E-state index contributed by atoms with van der Waals surface area (Å²) >= 11 is 0. The summed E-state index contributed by atoms with van der Waals surface area (Å²) in [5, 5.41) is 0. The van der Waals surface area contributed by atoms with E-state index >= 15 is 0 Å². The molecule has 3 heterocycles. The van der Waals surface area contributed by atoms with Gasteiger partial charge in [-0.25, -0.2) is 0 Å². The molecule has 0 radical (unpaired) electrons. The van der Waals surface area contributed by atoms with Crippen molar-refractivity contribution in [2.24, 2.45) is 5.92 Å². The van der Waals surface area contributed by atoms with E-state index in [1.165, 1.54) is 0 Å². The molecule has 0 bridgehead atoms. The van der Waals surface area contributed by atoms with Gasteiger partial charge in [-0.2, -0.15) is 0 Å². The second-order valence-electron chi connectivity index (χ2n) is 6.56. The first-order valence-corrected chi connectivity index (χ1v) is 10.0. The van der Waals surface area contributed by atoms with Gasteiger partial charge in [-0.15, -0.1) is 6.58 Å². The van der Waals surface area contributed by atoms with Crippen molar-refractivity contribution in [3.05, 3.63) is 12.7 Å². The minimum atomic E-state index is -1.62. The highest BCUT2D eigenvalue weighted by atomic mass is 28.4. The molecule has 0 unspecified atom stereocenters. The molecule has 3 aliphatic rings. The highest BCUT2D eigenvalue weighted by molar-refractivity contribution is 6.69. The van der Waals surface area contributed by atoms with Crippen LogP contribution in [0.15, 0.2) is 12.7 Å². The maximum atomic E-state index is 12.2. The molecule has 3 aliphatic heterocycles. The van der Waals surface area contributed by atoms with Crippen LogP contribution < -0.4 is 0 Å². The van der Waals surface area contributed by atoms with Crippen LogP contribution in [0.25, 0.3) is 0 Å². The van der Waals surface area contributed by atoms with Crippen LogP contribution in [0.5, 0.6) is 0 Å². The molecule has 0 N–H and O–H groups in total. The summed E-state index contributed by atoms with van der Waals surface area (Å²) in [4.78, 5) is 14.1. The smallest absolute Gasteiger partial charge is 0.230 e. The van der Waals surface area contributed by atoms with Crippen molar-refractivity contribution in [3.63, 3.8) is 0 Å². The van der Waals surface area contributed by atoms with E-state index in [2.05, 4.69) is 26.2 Å². The molecule has 18 heavy (non-hydrogen) atoms. The van der Waals surface area contributed by atoms with Crippen molar-refractivity contribution in [2.45, 2.75) is 50.4 Å². The van der Waals surface area contributed by atoms with Gasteiger partial charge in [0.15, 0.2) is 8.32 Å². The minimum Gasteiger partial charge on any atom is -0.414 e. The van der Waals surface area contributed by atoms with E-state index in [1.54, 1.807) is 0 Å². The Labute approximate surface area is 109 Å². The lowest BCUT2D eigenvalue weighted by molar-refractivity contribution is -0.165. The van der Waals surface area contributed by atoms with Crippen molar-refractivity contribution in [3.8, 4) is 0 Å². The Bertz CT molecular complexity index is 419. The highest BCUT2D eigenvalue weighted by Crippen LogP contribution is 2.57. The molecule has 0 aromatic heterocycles. The lowest BCUT2D eigenvalue weighted by Crippen LogP contribution is -2.67. The predicted octanol–water partition coefficient (Wildman–Crippen LogP) is 1.39. The largest absolute Gasteiger partial charge is 0.414 e. The number of ether oxygens (including phenoxy) is 1. The van der Waals surface area contributed by atoms with Gasteiger partial charge in [-0.05, 0) is 26.6 Å². The molecule has 1 amide bonds. The maximum Gasteiger partial charge on any atom is 0.230 e. The molecule has 0 saturated carbocycles. The third-order valence-corrected chi connectivity index (χ3v) is 5.30. The lowest BCUT2D eigenvalue weighted by Gasteiger charge is -2.49. The lowest BCUT2D eigenvalue weighted by atomic mass is 9.78. The number of carbonyl (C=O) groups excluding carboxylic acids is 1. The number of β-lactam (4-membered cyclic amide) rings is 1. The fourth-order valence-corrected chi connectivity index (χ4v) is 4.78. The summed E-state index contributed by atoms with van der Waals surface area (Å²) in [5.41, 5.74) is -0.268. The molecule has 3 fully saturated rings. The van der Waals surface area contributed by atoms with E-state index in [9.17, 15) is 4.79 Å². The molecule has 5 heteroatoms. The average Bonchev–Trinajstić information content (AvgIpc) is 2.87. The number of epoxide rings is 1. The van der Waals surface area contributed by atoms with E-state index in [4.69, 9.17) is 9.16 Å². The van der Waals surface area contributed by atoms with Crippen LogP contribution in [0.1, 0.15) is 6.92 Å². The number of morpholine rings is 1. The zero-order chi connectivity index (χ0) is 13.3. The minimum absolute atomic E-state index is 0.0230. The average molecular weight is 267 g/mol. The second kappa shape index (κ2) is 3.46. The van der Waals surface area contributed by atoms with Gasteiger partial charge in [0.05, 0.1) is 24.6 Å². The zero-order valence-corrected chi connectivity index (χ0v) is 12.5. The molecule has 0 aromatic rings. The summed E-state index contributed by atoms with van der Waals surface area (Å²) in [7, 11) is -1.62. The first-order chi connectivity index (χ1) is 8.30. The topological polar surface area (TPSA) is 42.1 Å². The van der Waals surface area contributed by atoms with Crippen LogP contribution in [0.4, 0.5) is 0 Å². The number of fused-ring (bicyclic) bond motifs is 3. The number of carbonyl (C=O) groups is 1. The number of nitrogens with zero attached hydrogens (tertiary/aromatic N) is 1. The zero-order valence-electron chi connectivity index (χ0n) is 11.5. The van der Waals surface area contributed by atoms with E-state index in [-0.39, 0.29) is 35.7 Å². The molecule has 100 valence electrons. The van der Waals surface area contributed by atoms with Crippen LogP contribution in [0, 0.1) is 5.92 Å². The van der Waals surface area contributed by atoms with E-state index in [0.717, 1.165) is 6.54 Å². The molecule has 3 saturated heterocycles. The number of rotatable bonds is 4. The summed E-state index contributed by atoms with van der Waals surface area (Å²) < 4.78 is 11.8. The van der Waals surface area contributed by atoms with Gasteiger partial charge in [0.25, 0.3) is 0 Å². The van der Waals surface area contributed by atoms with Gasteiger partial charge in [-0.1, -0.05) is 6.08 Å². The fourth-order valence-electron chi connectivity index (χ4n) is 3.52. The highest BCUT2D eigenvalue weighted by Gasteiger charge is 2.76. The van der Waals surface area contributed by atoms with Crippen molar-refractivity contribution in [1.82, 2.24) is 4.90 Å². The quantitative estimate of drug-likeness (QED) is 0.334. The monoisotopic (exact) mass is 267 g/mol. The molecular weight excluding hydrogens is 246 g/mol. The van der Waals surface area contributed by atoms with E-state index in [0.29, 0.717) is 0 Å². The van der Waals surface area contributed by atoms with Gasteiger partial charge in [-0.3, -0.25) is 4.79 Å². The van der Waals surface area contributed by atoms with Crippen molar-refractivity contribution >= 4 is 14.2 Å². The molecular formula is C13H21NO3Si. The molecule has 0 spiro atoms. The predicted molar refractivity (Wildman–Crippen MR) is 70.7 cm³/mol. The van der Waals surface area contributed by atoms with E-state index < -0.39 is 8.32 Å². The summed E-state index contributed by atoms with van der Waals surface area (Å²) in [6, 6.07) is 0.152. The molecule has 0 aliphatic carbocycles. The fraction of sp³-hybridized carbons (Fsp3) is 0.769. The molecule has 5 atom stereocenters. The van der Waals surface area contributed by atoms with Crippen LogP contribution in [0.2, 0.25) is 19.6 Å². The van der Waals surface area contributed by atoms with Crippen LogP contribution >= 0.6 is 0 Å². The Hall–Kier alpha value is -0.653. The summed E-state index contributed by atoms with van der Waals surface area (Å²) in [6.07, 6.45) is 2.03. The Morgan fingerprint density at radius 3 is 2.83 bits per heavy atom. The second-order valence-corrected chi connectivity index (χ2v) is 11.0. The third kappa shape index (κ3) is 1.47. The Kier molecular flexibility index (Phi) is 2.38. The SMILES string of the molecule is C=C[C@]12O[C@H]1CN1C(=O)[C@H]([C@@H](C)O[Si](C)(C)C)[C@H]12. The van der Waals surface area contributed by atoms with Crippen molar-refractivity contribution in [2.75, 3.05) is 6.54 Å². The Morgan fingerprint density at radius 2 is 2.28 bits per heavy atom. The third-order valence-electron chi connectivity index (χ3n) is 4.23. The van der Waals surface area contributed by atoms with Gasteiger partial charge >= 0.3 is 0 Å². The van der Waals surface area contributed by atoms with E-state index in [1.807, 2.05) is 17.9 Å². The first kappa shape index (κ1) is 12.4. The standard InChI is InChI=1S/C13H21NO3Si/c1-6-13-9(16-13)7-14-11(13)10(12(14)15)8(2)17-18(3,4)5/h6,8-11H,1,7H2,2-5H3/t8-,9+,10-,11+,13+/m1/s1. The van der Waals surface area contributed by atoms with Gasteiger partial charge in [0.1, 0.15) is 11.7 Å². The van der Waals surface area contributed by atoms with Gasteiger partial charge in [0.2, 0.25) is 5.91 Å². The number of amides is 1. The number of hydrogen-bond acceptors (Lipinski definition) is 3.